The molecule has 1 saturated heterocycles. The lowest BCUT2D eigenvalue weighted by molar-refractivity contribution is -0.131. The van der Waals surface area contributed by atoms with E-state index in [-0.39, 0.29) is 48.9 Å². The summed E-state index contributed by atoms with van der Waals surface area (Å²) >= 11 is 0. The Labute approximate surface area is 140 Å². The van der Waals surface area contributed by atoms with Crippen LogP contribution in [0.2, 0.25) is 0 Å². The Morgan fingerprint density at radius 3 is 2.62 bits per heavy atom. The fourth-order valence-corrected chi connectivity index (χ4v) is 4.54. The van der Waals surface area contributed by atoms with Gasteiger partial charge < -0.3 is 10.2 Å². The van der Waals surface area contributed by atoms with Crippen molar-refractivity contribution in [2.45, 2.75) is 25.8 Å². The molecule has 1 atom stereocenters. The zero-order valence-electron chi connectivity index (χ0n) is 13.5. The van der Waals surface area contributed by atoms with Gasteiger partial charge >= 0.3 is 0 Å². The molecule has 24 heavy (non-hydrogen) atoms. The van der Waals surface area contributed by atoms with Crippen molar-refractivity contribution in [2.75, 3.05) is 24.6 Å². The maximum Gasteiger partial charge on any atom is 0.224 e. The zero-order chi connectivity index (χ0) is 17.7. The van der Waals surface area contributed by atoms with Gasteiger partial charge in [0.05, 0.1) is 17.9 Å². The van der Waals surface area contributed by atoms with Crippen LogP contribution in [0.5, 0.6) is 0 Å². The third-order valence-corrected chi connectivity index (χ3v) is 5.79. The lowest BCUT2D eigenvalue weighted by Gasteiger charge is -2.27. The average Bonchev–Trinajstić information content (AvgIpc) is 2.85. The van der Waals surface area contributed by atoms with Crippen molar-refractivity contribution in [3.05, 3.63) is 35.6 Å². The van der Waals surface area contributed by atoms with Gasteiger partial charge in [0.15, 0.2) is 9.84 Å². The normalized spacial score (nSPS) is 19.0. The first-order valence-corrected chi connectivity index (χ1v) is 9.58. The molecule has 1 N–H and O–H groups in total. The number of halogens is 1. The second kappa shape index (κ2) is 7.74. The summed E-state index contributed by atoms with van der Waals surface area (Å²) in [5.41, 5.74) is 0.306. The number of carbonyl (C=O) groups excluding carboxylic acids is 2. The van der Waals surface area contributed by atoms with Crippen LogP contribution >= 0.6 is 0 Å². The standard InChI is InChI=1S/C16H21FN2O4S/c1-12(20)19(14-6-9-24(22,23)11-14)8-7-18-16(21)10-13-4-2-3-5-15(13)17/h2-5,14H,6-11H2,1H3,(H,18,21). The van der Waals surface area contributed by atoms with Gasteiger partial charge in [0, 0.05) is 26.1 Å². The predicted molar refractivity (Wildman–Crippen MR) is 87.6 cm³/mol. The number of hydrogen-bond acceptors (Lipinski definition) is 4. The fourth-order valence-electron chi connectivity index (χ4n) is 2.81. The third-order valence-electron chi connectivity index (χ3n) is 4.04. The van der Waals surface area contributed by atoms with E-state index >= 15 is 0 Å². The molecule has 1 aliphatic rings. The molecule has 0 bridgehead atoms. The Morgan fingerprint density at radius 1 is 1.33 bits per heavy atom. The number of sulfone groups is 1. The number of hydrogen-bond donors (Lipinski definition) is 1. The summed E-state index contributed by atoms with van der Waals surface area (Å²) in [6, 6.07) is 5.71. The van der Waals surface area contributed by atoms with E-state index in [0.29, 0.717) is 12.0 Å². The number of nitrogens with zero attached hydrogens (tertiary/aromatic N) is 1. The number of nitrogens with one attached hydrogen (secondary N) is 1. The van der Waals surface area contributed by atoms with E-state index < -0.39 is 15.7 Å². The highest BCUT2D eigenvalue weighted by Gasteiger charge is 2.33. The van der Waals surface area contributed by atoms with Crippen molar-refractivity contribution >= 4 is 21.7 Å². The van der Waals surface area contributed by atoms with Crippen LogP contribution in [0.1, 0.15) is 18.9 Å². The minimum atomic E-state index is -3.08. The van der Waals surface area contributed by atoms with E-state index in [4.69, 9.17) is 0 Å². The predicted octanol–water partition coefficient (Wildman–Crippen LogP) is 0.520. The molecule has 132 valence electrons. The molecular formula is C16H21FN2O4S. The molecule has 1 fully saturated rings. The summed E-state index contributed by atoms with van der Waals surface area (Å²) < 4.78 is 36.6. The largest absolute Gasteiger partial charge is 0.354 e. The maximum atomic E-state index is 13.5. The first-order valence-electron chi connectivity index (χ1n) is 7.76. The Kier molecular flexibility index (Phi) is 5.93. The summed E-state index contributed by atoms with van der Waals surface area (Å²) in [4.78, 5) is 25.1. The van der Waals surface area contributed by atoms with Crippen molar-refractivity contribution in [1.82, 2.24) is 10.2 Å². The Balaban J connectivity index is 1.84. The summed E-state index contributed by atoms with van der Waals surface area (Å²) in [7, 11) is -3.08. The van der Waals surface area contributed by atoms with E-state index in [9.17, 15) is 22.4 Å². The second-order valence-corrected chi connectivity index (χ2v) is 8.12. The van der Waals surface area contributed by atoms with Gasteiger partial charge in [-0.15, -0.1) is 0 Å². The van der Waals surface area contributed by atoms with E-state index in [1.807, 2.05) is 0 Å². The van der Waals surface area contributed by atoms with Crippen molar-refractivity contribution in [1.29, 1.82) is 0 Å². The van der Waals surface area contributed by atoms with Gasteiger partial charge in [0.1, 0.15) is 5.82 Å². The van der Waals surface area contributed by atoms with Gasteiger partial charge in [0.2, 0.25) is 11.8 Å². The number of carbonyl (C=O) groups is 2. The van der Waals surface area contributed by atoms with Gasteiger partial charge in [-0.3, -0.25) is 9.59 Å². The van der Waals surface area contributed by atoms with Crippen LogP contribution in [-0.2, 0) is 25.8 Å². The van der Waals surface area contributed by atoms with Crippen LogP contribution in [-0.4, -0.2) is 55.8 Å². The number of amides is 2. The molecule has 0 saturated carbocycles. The molecule has 2 rings (SSSR count). The monoisotopic (exact) mass is 356 g/mol. The summed E-state index contributed by atoms with van der Waals surface area (Å²) in [6.45, 7) is 1.81. The van der Waals surface area contributed by atoms with Crippen molar-refractivity contribution in [3.63, 3.8) is 0 Å². The van der Waals surface area contributed by atoms with Gasteiger partial charge in [-0.1, -0.05) is 18.2 Å². The average molecular weight is 356 g/mol. The summed E-state index contributed by atoms with van der Waals surface area (Å²) in [6.07, 6.45) is 0.343. The second-order valence-electron chi connectivity index (χ2n) is 5.89. The Hall–Kier alpha value is -1.96. The molecule has 1 aromatic rings. The molecule has 6 nitrogen and oxygen atoms in total. The highest BCUT2D eigenvalue weighted by molar-refractivity contribution is 7.91. The molecule has 0 aromatic heterocycles. The van der Waals surface area contributed by atoms with Crippen molar-refractivity contribution in [3.8, 4) is 0 Å². The molecule has 1 aliphatic heterocycles. The maximum absolute atomic E-state index is 13.5. The smallest absolute Gasteiger partial charge is 0.224 e. The zero-order valence-corrected chi connectivity index (χ0v) is 14.3. The highest BCUT2D eigenvalue weighted by Crippen LogP contribution is 2.17. The van der Waals surface area contributed by atoms with Crippen LogP contribution < -0.4 is 5.32 Å². The summed E-state index contributed by atoms with van der Waals surface area (Å²) in [5, 5.41) is 2.64. The Morgan fingerprint density at radius 2 is 2.04 bits per heavy atom. The molecule has 2 amide bonds. The van der Waals surface area contributed by atoms with E-state index in [1.165, 1.54) is 17.9 Å². The summed E-state index contributed by atoms with van der Waals surface area (Å²) in [5.74, 6) is -0.950. The Bertz CT molecular complexity index is 721. The topological polar surface area (TPSA) is 83.6 Å². The van der Waals surface area contributed by atoms with E-state index in [2.05, 4.69) is 5.32 Å². The van der Waals surface area contributed by atoms with Gasteiger partial charge in [-0.2, -0.15) is 0 Å². The van der Waals surface area contributed by atoms with Crippen LogP contribution in [0.15, 0.2) is 24.3 Å². The number of benzene rings is 1. The molecule has 0 spiro atoms. The quantitative estimate of drug-likeness (QED) is 0.805. The first-order chi connectivity index (χ1) is 11.3. The highest BCUT2D eigenvalue weighted by atomic mass is 32.2. The van der Waals surface area contributed by atoms with E-state index in [0.717, 1.165) is 0 Å². The molecule has 1 aromatic carbocycles. The molecule has 0 radical (unpaired) electrons. The first kappa shape index (κ1) is 18.4. The molecule has 8 heteroatoms. The van der Waals surface area contributed by atoms with Crippen LogP contribution in [0.25, 0.3) is 0 Å². The third kappa shape index (κ3) is 5.02. The molecule has 1 heterocycles. The molecule has 0 aliphatic carbocycles. The molecular weight excluding hydrogens is 335 g/mol. The van der Waals surface area contributed by atoms with Crippen LogP contribution in [0.4, 0.5) is 4.39 Å². The SMILES string of the molecule is CC(=O)N(CCNC(=O)Cc1ccccc1F)C1CCS(=O)(=O)C1. The lowest BCUT2D eigenvalue weighted by atomic mass is 10.1. The van der Waals surface area contributed by atoms with Crippen LogP contribution in [0.3, 0.4) is 0 Å². The van der Waals surface area contributed by atoms with Crippen molar-refractivity contribution in [2.24, 2.45) is 0 Å². The fraction of sp³-hybridized carbons (Fsp3) is 0.500. The lowest BCUT2D eigenvalue weighted by Crippen LogP contribution is -2.44. The number of rotatable bonds is 6. The minimum Gasteiger partial charge on any atom is -0.354 e. The van der Waals surface area contributed by atoms with Gasteiger partial charge in [-0.25, -0.2) is 12.8 Å². The minimum absolute atomic E-state index is 0.0320. The van der Waals surface area contributed by atoms with E-state index in [1.54, 1.807) is 18.2 Å². The van der Waals surface area contributed by atoms with Crippen molar-refractivity contribution < 1.29 is 22.4 Å². The molecule has 1 unspecified atom stereocenters. The van der Waals surface area contributed by atoms with Gasteiger partial charge in [-0.05, 0) is 18.1 Å². The van der Waals surface area contributed by atoms with Crippen LogP contribution in [0, 0.1) is 5.82 Å². The van der Waals surface area contributed by atoms with Gasteiger partial charge in [0.25, 0.3) is 0 Å².